The van der Waals surface area contributed by atoms with Crippen molar-refractivity contribution in [2.45, 2.75) is 51.0 Å². The number of benzene rings is 1. The summed E-state index contributed by atoms with van der Waals surface area (Å²) in [6.45, 7) is 0.715. The number of unbranched alkanes of at least 4 members (excludes halogenated alkanes) is 5. The van der Waals surface area contributed by atoms with E-state index in [1.54, 1.807) is 0 Å². The Balaban J connectivity index is 1.81. The molecule has 5 heteroatoms. The lowest BCUT2D eigenvalue weighted by Crippen LogP contribution is -2.20. The van der Waals surface area contributed by atoms with E-state index in [1.165, 1.54) is 37.7 Å². The van der Waals surface area contributed by atoms with Crippen molar-refractivity contribution in [1.82, 2.24) is 0 Å². The van der Waals surface area contributed by atoms with Gasteiger partial charge in [-0.3, -0.25) is 0 Å². The van der Waals surface area contributed by atoms with E-state index in [4.69, 9.17) is 4.74 Å². The number of ether oxygens (including phenoxy) is 1. The highest BCUT2D eigenvalue weighted by molar-refractivity contribution is 5.14. The molecule has 5 nitrogen and oxygen atoms in total. The van der Waals surface area contributed by atoms with Crippen LogP contribution in [0.15, 0.2) is 35.7 Å². The number of hydrogen-bond acceptors (Lipinski definition) is 5. The summed E-state index contributed by atoms with van der Waals surface area (Å²) in [4.78, 5) is 13.9. The van der Waals surface area contributed by atoms with Crippen LogP contribution in [0.2, 0.25) is 0 Å². The third kappa shape index (κ3) is 10.3. The Kier molecular flexibility index (Phi) is 11.2. The summed E-state index contributed by atoms with van der Waals surface area (Å²) in [5.41, 5.74) is 1.42. The highest BCUT2D eigenvalue weighted by atomic mass is 16.7. The standard InChI is InChI=1S/C17H27NO4/c19-17(15-22-18-20)14-21-13-9-4-2-1-3-6-10-16-11-7-5-8-12-16/h5,7-8,11-12,17,19H,1-4,6,9-10,13-15H2. The molecule has 1 unspecified atom stereocenters. The second-order valence-corrected chi connectivity index (χ2v) is 5.46. The molecule has 124 valence electrons. The van der Waals surface area contributed by atoms with E-state index >= 15 is 0 Å². The molecular formula is C17H27NO4. The van der Waals surface area contributed by atoms with Gasteiger partial charge in [0.1, 0.15) is 12.7 Å². The Morgan fingerprint density at radius 1 is 0.955 bits per heavy atom. The summed E-state index contributed by atoms with van der Waals surface area (Å²) in [6.07, 6.45) is 7.52. The predicted molar refractivity (Wildman–Crippen MR) is 86.4 cm³/mol. The molecule has 0 aromatic heterocycles. The molecule has 0 aliphatic heterocycles. The van der Waals surface area contributed by atoms with Crippen LogP contribution in [0.25, 0.3) is 0 Å². The topological polar surface area (TPSA) is 68.1 Å². The van der Waals surface area contributed by atoms with E-state index in [2.05, 4.69) is 40.5 Å². The molecule has 0 saturated carbocycles. The zero-order valence-electron chi connectivity index (χ0n) is 13.2. The molecule has 0 aliphatic rings. The predicted octanol–water partition coefficient (Wildman–Crippen LogP) is 3.65. The van der Waals surface area contributed by atoms with Crippen molar-refractivity contribution in [3.8, 4) is 0 Å². The zero-order chi connectivity index (χ0) is 15.9. The number of aryl methyl sites for hydroxylation is 1. The molecular weight excluding hydrogens is 282 g/mol. The molecule has 0 aliphatic carbocycles. The van der Waals surface area contributed by atoms with Gasteiger partial charge < -0.3 is 14.7 Å². The van der Waals surface area contributed by atoms with Gasteiger partial charge >= 0.3 is 0 Å². The summed E-state index contributed by atoms with van der Waals surface area (Å²) in [5.74, 6) is 0. The van der Waals surface area contributed by atoms with Gasteiger partial charge in [0.2, 0.25) is 0 Å². The van der Waals surface area contributed by atoms with Gasteiger partial charge in [-0.15, -0.1) is 4.91 Å². The Bertz CT molecular complexity index is 372. The number of hydrogen-bond donors (Lipinski definition) is 1. The molecule has 0 radical (unpaired) electrons. The SMILES string of the molecule is O=NOCC(O)COCCCCCCCCc1ccccc1. The molecule has 0 bridgehead atoms. The Morgan fingerprint density at radius 3 is 2.36 bits per heavy atom. The van der Waals surface area contributed by atoms with Gasteiger partial charge in [0, 0.05) is 6.61 Å². The van der Waals surface area contributed by atoms with Crippen LogP contribution >= 0.6 is 0 Å². The minimum absolute atomic E-state index is 0.106. The average Bonchev–Trinajstić information content (AvgIpc) is 2.55. The van der Waals surface area contributed by atoms with Crippen molar-refractivity contribution in [2.75, 3.05) is 19.8 Å². The van der Waals surface area contributed by atoms with Crippen LogP contribution in [-0.4, -0.2) is 31.0 Å². The minimum Gasteiger partial charge on any atom is -0.387 e. The summed E-state index contributed by atoms with van der Waals surface area (Å²) in [7, 11) is 0. The average molecular weight is 309 g/mol. The van der Waals surface area contributed by atoms with Crippen molar-refractivity contribution in [2.24, 2.45) is 5.34 Å². The fraction of sp³-hybridized carbons (Fsp3) is 0.647. The van der Waals surface area contributed by atoms with Crippen LogP contribution in [0.4, 0.5) is 0 Å². The second-order valence-electron chi connectivity index (χ2n) is 5.46. The zero-order valence-corrected chi connectivity index (χ0v) is 13.2. The highest BCUT2D eigenvalue weighted by Crippen LogP contribution is 2.09. The van der Waals surface area contributed by atoms with Gasteiger partial charge in [0.05, 0.1) is 6.61 Å². The highest BCUT2D eigenvalue weighted by Gasteiger charge is 2.04. The summed E-state index contributed by atoms with van der Waals surface area (Å²) in [6, 6.07) is 10.6. The van der Waals surface area contributed by atoms with Gasteiger partial charge in [0.25, 0.3) is 0 Å². The van der Waals surface area contributed by atoms with Gasteiger partial charge in [-0.05, 0) is 24.8 Å². The quantitative estimate of drug-likeness (QED) is 0.323. The molecule has 0 spiro atoms. The lowest BCUT2D eigenvalue weighted by molar-refractivity contribution is -0.0193. The van der Waals surface area contributed by atoms with E-state index in [1.807, 2.05) is 0 Å². The van der Waals surface area contributed by atoms with Crippen molar-refractivity contribution < 1.29 is 14.7 Å². The third-order valence-electron chi connectivity index (χ3n) is 3.48. The van der Waals surface area contributed by atoms with E-state index in [-0.39, 0.29) is 13.2 Å². The molecule has 0 heterocycles. The smallest absolute Gasteiger partial charge is 0.155 e. The fourth-order valence-electron chi connectivity index (χ4n) is 2.27. The lowest BCUT2D eigenvalue weighted by Gasteiger charge is -2.08. The van der Waals surface area contributed by atoms with Crippen molar-refractivity contribution in [3.63, 3.8) is 0 Å². The van der Waals surface area contributed by atoms with Crippen molar-refractivity contribution in [3.05, 3.63) is 40.8 Å². The molecule has 0 amide bonds. The number of nitrogens with zero attached hydrogens (tertiary/aromatic N) is 1. The molecule has 0 fully saturated rings. The van der Waals surface area contributed by atoms with Crippen LogP contribution < -0.4 is 0 Å². The molecule has 1 aromatic carbocycles. The van der Waals surface area contributed by atoms with E-state index in [9.17, 15) is 10.0 Å². The number of aliphatic hydroxyl groups excluding tert-OH is 1. The number of rotatable bonds is 14. The van der Waals surface area contributed by atoms with Crippen LogP contribution in [0.3, 0.4) is 0 Å². The minimum atomic E-state index is -0.782. The van der Waals surface area contributed by atoms with Crippen LogP contribution in [0.1, 0.15) is 44.1 Å². The first-order valence-corrected chi connectivity index (χ1v) is 8.07. The molecule has 1 aromatic rings. The molecule has 0 saturated heterocycles. The van der Waals surface area contributed by atoms with Crippen molar-refractivity contribution in [1.29, 1.82) is 0 Å². The normalized spacial score (nSPS) is 12.0. The van der Waals surface area contributed by atoms with E-state index in [0.717, 1.165) is 12.8 Å². The Morgan fingerprint density at radius 2 is 1.64 bits per heavy atom. The first-order valence-electron chi connectivity index (χ1n) is 8.07. The fourth-order valence-corrected chi connectivity index (χ4v) is 2.27. The summed E-state index contributed by atoms with van der Waals surface area (Å²) in [5, 5.41) is 11.5. The maximum absolute atomic E-state index is 9.69. The molecule has 1 N–H and O–H groups in total. The van der Waals surface area contributed by atoms with E-state index < -0.39 is 6.10 Å². The van der Waals surface area contributed by atoms with Crippen LogP contribution in [0.5, 0.6) is 0 Å². The summed E-state index contributed by atoms with van der Waals surface area (Å²) >= 11 is 0. The maximum Gasteiger partial charge on any atom is 0.155 e. The lowest BCUT2D eigenvalue weighted by atomic mass is 10.1. The Labute approximate surface area is 132 Å². The molecule has 1 atom stereocenters. The van der Waals surface area contributed by atoms with Gasteiger partial charge in [0.15, 0.2) is 5.34 Å². The van der Waals surface area contributed by atoms with Gasteiger partial charge in [-0.25, -0.2) is 0 Å². The van der Waals surface area contributed by atoms with Gasteiger partial charge in [-0.2, -0.15) is 0 Å². The molecule has 22 heavy (non-hydrogen) atoms. The summed E-state index contributed by atoms with van der Waals surface area (Å²) < 4.78 is 5.30. The first-order chi connectivity index (χ1) is 10.8. The number of aliphatic hydroxyl groups is 1. The van der Waals surface area contributed by atoms with Crippen LogP contribution in [-0.2, 0) is 16.0 Å². The monoisotopic (exact) mass is 309 g/mol. The van der Waals surface area contributed by atoms with Crippen molar-refractivity contribution >= 4 is 0 Å². The second kappa shape index (κ2) is 13.2. The largest absolute Gasteiger partial charge is 0.387 e. The van der Waals surface area contributed by atoms with Gasteiger partial charge in [-0.1, -0.05) is 56.0 Å². The first kappa shape index (κ1) is 18.6. The van der Waals surface area contributed by atoms with Crippen LogP contribution in [0, 0.1) is 4.91 Å². The van der Waals surface area contributed by atoms with E-state index in [0.29, 0.717) is 6.61 Å². The maximum atomic E-state index is 9.69. The molecule has 1 rings (SSSR count). The Hall–Kier alpha value is -1.46. The third-order valence-corrected chi connectivity index (χ3v) is 3.48.